The molecule has 0 saturated carbocycles. The van der Waals surface area contributed by atoms with E-state index in [2.05, 4.69) is 10.6 Å². The van der Waals surface area contributed by atoms with E-state index in [0.29, 0.717) is 12.2 Å². The quantitative estimate of drug-likeness (QED) is 0.627. The molecule has 0 unspecified atom stereocenters. The van der Waals surface area contributed by atoms with Crippen molar-refractivity contribution in [3.8, 4) is 0 Å². The second kappa shape index (κ2) is 7.60. The Hall–Kier alpha value is -2.60. The van der Waals surface area contributed by atoms with Gasteiger partial charge in [0, 0.05) is 18.3 Å². The number of hydrogen-bond donors (Lipinski definition) is 2. The predicted molar refractivity (Wildman–Crippen MR) is 89.6 cm³/mol. The zero-order chi connectivity index (χ0) is 16.8. The number of halogens is 1. The van der Waals surface area contributed by atoms with Crippen molar-refractivity contribution < 1.29 is 9.72 Å². The number of nitrogens with one attached hydrogen (secondary N) is 2. The fourth-order valence-electron chi connectivity index (χ4n) is 1.91. The molecule has 0 heterocycles. The third-order valence-electron chi connectivity index (χ3n) is 3.21. The van der Waals surface area contributed by atoms with Crippen LogP contribution in [0.3, 0.4) is 0 Å². The Morgan fingerprint density at radius 1 is 1.22 bits per heavy atom. The van der Waals surface area contributed by atoms with Crippen LogP contribution in [0.5, 0.6) is 0 Å². The van der Waals surface area contributed by atoms with Crippen molar-refractivity contribution >= 4 is 28.9 Å². The molecule has 7 heteroatoms. The van der Waals surface area contributed by atoms with E-state index in [1.165, 1.54) is 12.1 Å². The van der Waals surface area contributed by atoms with E-state index in [4.69, 9.17) is 11.6 Å². The van der Waals surface area contributed by atoms with Gasteiger partial charge in [-0.1, -0.05) is 41.4 Å². The molecule has 0 aliphatic heterocycles. The largest absolute Gasteiger partial charge is 0.376 e. The number of amides is 1. The van der Waals surface area contributed by atoms with Crippen LogP contribution in [0.2, 0.25) is 5.02 Å². The molecule has 2 aromatic rings. The highest BCUT2D eigenvalue weighted by molar-refractivity contribution is 6.32. The zero-order valence-corrected chi connectivity index (χ0v) is 13.3. The molecule has 6 nitrogen and oxygen atoms in total. The highest BCUT2D eigenvalue weighted by atomic mass is 35.5. The third-order valence-corrected chi connectivity index (χ3v) is 3.53. The summed E-state index contributed by atoms with van der Waals surface area (Å²) in [5, 5.41) is 16.5. The molecular weight excluding hydrogens is 318 g/mol. The van der Waals surface area contributed by atoms with Crippen molar-refractivity contribution in [2.24, 2.45) is 0 Å². The molecule has 0 aliphatic rings. The summed E-state index contributed by atoms with van der Waals surface area (Å²) in [5.74, 6) is -0.205. The number of rotatable bonds is 6. The van der Waals surface area contributed by atoms with Crippen molar-refractivity contribution in [3.63, 3.8) is 0 Å². The Bertz CT molecular complexity index is 717. The lowest BCUT2D eigenvalue weighted by molar-refractivity contribution is -0.384. The molecule has 2 N–H and O–H groups in total. The van der Waals surface area contributed by atoms with E-state index in [0.717, 1.165) is 11.1 Å². The summed E-state index contributed by atoms with van der Waals surface area (Å²) in [5.41, 5.74) is 2.43. The molecule has 1 amide bonds. The van der Waals surface area contributed by atoms with Crippen LogP contribution in [-0.4, -0.2) is 17.4 Å². The first-order chi connectivity index (χ1) is 11.0. The van der Waals surface area contributed by atoms with Gasteiger partial charge in [0.05, 0.1) is 11.5 Å². The number of benzene rings is 2. The average molecular weight is 334 g/mol. The Kier molecular flexibility index (Phi) is 5.54. The van der Waals surface area contributed by atoms with Gasteiger partial charge in [-0.3, -0.25) is 14.9 Å². The number of nitro groups is 1. The van der Waals surface area contributed by atoms with Gasteiger partial charge in [0.1, 0.15) is 5.02 Å². The highest BCUT2D eigenvalue weighted by Crippen LogP contribution is 2.27. The summed E-state index contributed by atoms with van der Waals surface area (Å²) in [6.07, 6.45) is 0. The van der Waals surface area contributed by atoms with E-state index in [1.54, 1.807) is 6.07 Å². The minimum atomic E-state index is -0.565. The maximum absolute atomic E-state index is 11.8. The standard InChI is InChI=1S/C16H16ClN3O3/c1-11-2-4-12(5-3-11)9-19-16(21)10-18-13-6-7-14(17)15(8-13)20(22)23/h2-8,18H,9-10H2,1H3,(H,19,21). The van der Waals surface area contributed by atoms with Gasteiger partial charge in [-0.2, -0.15) is 0 Å². The number of aryl methyl sites for hydroxylation is 1. The summed E-state index contributed by atoms with van der Waals surface area (Å²) in [6.45, 7) is 2.45. The molecular formula is C16H16ClN3O3. The van der Waals surface area contributed by atoms with Crippen LogP contribution in [0.1, 0.15) is 11.1 Å². The van der Waals surface area contributed by atoms with Gasteiger partial charge in [0.15, 0.2) is 0 Å². The Morgan fingerprint density at radius 2 is 1.91 bits per heavy atom. The van der Waals surface area contributed by atoms with E-state index >= 15 is 0 Å². The topological polar surface area (TPSA) is 84.3 Å². The van der Waals surface area contributed by atoms with Crippen LogP contribution in [0.25, 0.3) is 0 Å². The molecule has 120 valence electrons. The van der Waals surface area contributed by atoms with E-state index in [9.17, 15) is 14.9 Å². The first-order valence-corrected chi connectivity index (χ1v) is 7.33. The third kappa shape index (κ3) is 4.96. The lowest BCUT2D eigenvalue weighted by Gasteiger charge is -2.08. The first-order valence-electron chi connectivity index (χ1n) is 6.96. The molecule has 0 aromatic heterocycles. The van der Waals surface area contributed by atoms with Crippen molar-refractivity contribution in [1.29, 1.82) is 0 Å². The average Bonchev–Trinajstić information content (AvgIpc) is 2.53. The van der Waals surface area contributed by atoms with Crippen LogP contribution in [0.4, 0.5) is 11.4 Å². The summed E-state index contributed by atoms with van der Waals surface area (Å²) in [6, 6.07) is 12.2. The number of carbonyl (C=O) groups is 1. The molecule has 0 fully saturated rings. The summed E-state index contributed by atoms with van der Waals surface area (Å²) in [4.78, 5) is 22.1. The maximum Gasteiger partial charge on any atom is 0.289 e. The van der Waals surface area contributed by atoms with Crippen LogP contribution < -0.4 is 10.6 Å². The van der Waals surface area contributed by atoms with Gasteiger partial charge >= 0.3 is 0 Å². The first kappa shape index (κ1) is 16.8. The summed E-state index contributed by atoms with van der Waals surface area (Å²) in [7, 11) is 0. The molecule has 0 saturated heterocycles. The molecule has 0 radical (unpaired) electrons. The number of hydrogen-bond acceptors (Lipinski definition) is 4. The minimum Gasteiger partial charge on any atom is -0.376 e. The van der Waals surface area contributed by atoms with E-state index in [1.807, 2.05) is 31.2 Å². The summed E-state index contributed by atoms with van der Waals surface area (Å²) < 4.78 is 0. The number of nitro benzene ring substituents is 1. The minimum absolute atomic E-state index is 0.0185. The van der Waals surface area contributed by atoms with Crippen LogP contribution in [0, 0.1) is 17.0 Å². The van der Waals surface area contributed by atoms with Gasteiger partial charge in [-0.25, -0.2) is 0 Å². The SMILES string of the molecule is Cc1ccc(CNC(=O)CNc2ccc(Cl)c([N+](=O)[O-])c2)cc1. The van der Waals surface area contributed by atoms with Gasteiger partial charge in [0.2, 0.25) is 5.91 Å². The molecule has 2 aromatic carbocycles. The van der Waals surface area contributed by atoms with Crippen molar-refractivity contribution in [2.75, 3.05) is 11.9 Å². The lowest BCUT2D eigenvalue weighted by Crippen LogP contribution is -2.29. The molecule has 2 rings (SSSR count). The number of carbonyl (C=O) groups excluding carboxylic acids is 1. The maximum atomic E-state index is 11.8. The number of anilines is 1. The Labute approximate surface area is 138 Å². The van der Waals surface area contributed by atoms with Crippen molar-refractivity contribution in [3.05, 3.63) is 68.7 Å². The van der Waals surface area contributed by atoms with Gasteiger partial charge in [0.25, 0.3) is 5.69 Å². The van der Waals surface area contributed by atoms with E-state index < -0.39 is 4.92 Å². The molecule has 0 bridgehead atoms. The van der Waals surface area contributed by atoms with Crippen molar-refractivity contribution in [2.45, 2.75) is 13.5 Å². The Balaban J connectivity index is 1.85. The second-order valence-electron chi connectivity index (χ2n) is 5.04. The van der Waals surface area contributed by atoms with Crippen LogP contribution in [0.15, 0.2) is 42.5 Å². The molecule has 0 spiro atoms. The zero-order valence-electron chi connectivity index (χ0n) is 12.5. The normalized spacial score (nSPS) is 10.2. The van der Waals surface area contributed by atoms with Gasteiger partial charge < -0.3 is 10.6 Å². The summed E-state index contributed by atoms with van der Waals surface area (Å²) >= 11 is 5.73. The molecule has 0 aliphatic carbocycles. The molecule has 23 heavy (non-hydrogen) atoms. The fraction of sp³-hybridized carbons (Fsp3) is 0.188. The molecule has 0 atom stereocenters. The number of nitrogens with zero attached hydrogens (tertiary/aromatic N) is 1. The van der Waals surface area contributed by atoms with Gasteiger partial charge in [-0.15, -0.1) is 0 Å². The predicted octanol–water partition coefficient (Wildman–Crippen LogP) is 3.28. The fourth-order valence-corrected chi connectivity index (χ4v) is 2.10. The van der Waals surface area contributed by atoms with Crippen LogP contribution >= 0.6 is 11.6 Å². The van der Waals surface area contributed by atoms with E-state index in [-0.39, 0.29) is 23.2 Å². The van der Waals surface area contributed by atoms with Gasteiger partial charge in [-0.05, 0) is 24.6 Å². The van der Waals surface area contributed by atoms with Crippen molar-refractivity contribution in [1.82, 2.24) is 5.32 Å². The monoisotopic (exact) mass is 333 g/mol. The second-order valence-corrected chi connectivity index (χ2v) is 5.45. The Morgan fingerprint density at radius 3 is 2.57 bits per heavy atom. The smallest absolute Gasteiger partial charge is 0.289 e. The lowest BCUT2D eigenvalue weighted by atomic mass is 10.1. The van der Waals surface area contributed by atoms with Crippen LogP contribution in [-0.2, 0) is 11.3 Å². The highest BCUT2D eigenvalue weighted by Gasteiger charge is 2.13.